The molecule has 98 valence electrons. The van der Waals surface area contributed by atoms with Crippen LogP contribution in [0.3, 0.4) is 0 Å². The van der Waals surface area contributed by atoms with E-state index in [-0.39, 0.29) is 6.04 Å². The van der Waals surface area contributed by atoms with E-state index in [9.17, 15) is 0 Å². The molecule has 2 heterocycles. The Hall–Kier alpha value is -2.07. The zero-order valence-electron chi connectivity index (χ0n) is 10.8. The van der Waals surface area contributed by atoms with Crippen molar-refractivity contribution < 1.29 is 9.47 Å². The van der Waals surface area contributed by atoms with Crippen LogP contribution < -0.4 is 15.2 Å². The van der Waals surface area contributed by atoms with Crippen LogP contribution in [0.25, 0.3) is 0 Å². The van der Waals surface area contributed by atoms with Gasteiger partial charge in [-0.2, -0.15) is 0 Å². The third-order valence-corrected chi connectivity index (χ3v) is 3.18. The van der Waals surface area contributed by atoms with Crippen LogP contribution >= 0.6 is 0 Å². The predicted octanol–water partition coefficient (Wildman–Crippen LogP) is 2.21. The van der Waals surface area contributed by atoms with Gasteiger partial charge in [0.15, 0.2) is 11.5 Å². The molecule has 0 spiro atoms. The Bertz CT molecular complexity index is 598. The van der Waals surface area contributed by atoms with E-state index in [2.05, 4.69) is 4.98 Å². The molecule has 1 atom stereocenters. The van der Waals surface area contributed by atoms with E-state index >= 15 is 0 Å². The van der Waals surface area contributed by atoms with Crippen LogP contribution in [0.1, 0.15) is 22.9 Å². The Morgan fingerprint density at radius 2 is 1.89 bits per heavy atom. The highest BCUT2D eigenvalue weighted by Gasteiger charge is 2.16. The molecule has 0 bridgehead atoms. The summed E-state index contributed by atoms with van der Waals surface area (Å²) < 4.78 is 11.1. The van der Waals surface area contributed by atoms with Crippen LogP contribution in [0.2, 0.25) is 0 Å². The molecule has 1 aliphatic heterocycles. The molecule has 0 saturated heterocycles. The van der Waals surface area contributed by atoms with Gasteiger partial charge in [-0.05, 0) is 42.3 Å². The third-order valence-electron chi connectivity index (χ3n) is 3.18. The molecule has 1 aromatic heterocycles. The van der Waals surface area contributed by atoms with E-state index in [0.29, 0.717) is 13.2 Å². The molecule has 2 N–H and O–H groups in total. The van der Waals surface area contributed by atoms with Gasteiger partial charge in [-0.3, -0.25) is 4.98 Å². The van der Waals surface area contributed by atoms with Gasteiger partial charge in [0.25, 0.3) is 0 Å². The monoisotopic (exact) mass is 256 g/mol. The summed E-state index contributed by atoms with van der Waals surface area (Å²) in [7, 11) is 0. The van der Waals surface area contributed by atoms with Crippen LogP contribution in [-0.4, -0.2) is 18.2 Å². The second kappa shape index (κ2) is 4.90. The predicted molar refractivity (Wildman–Crippen MR) is 72.4 cm³/mol. The minimum atomic E-state index is -0.254. The molecular weight excluding hydrogens is 240 g/mol. The molecule has 3 rings (SSSR count). The number of aryl methyl sites for hydroxylation is 1. The molecular formula is C15H16N2O2. The first kappa shape index (κ1) is 12.0. The molecule has 0 saturated carbocycles. The molecule has 1 aliphatic rings. The molecule has 0 amide bonds. The zero-order valence-corrected chi connectivity index (χ0v) is 10.8. The number of aromatic nitrogens is 1. The number of fused-ring (bicyclic) bond motifs is 1. The summed E-state index contributed by atoms with van der Waals surface area (Å²) >= 11 is 0. The lowest BCUT2D eigenvalue weighted by Crippen LogP contribution is -2.17. The van der Waals surface area contributed by atoms with Gasteiger partial charge in [-0.15, -0.1) is 0 Å². The van der Waals surface area contributed by atoms with Crippen molar-refractivity contribution in [2.24, 2.45) is 5.73 Å². The van der Waals surface area contributed by atoms with Gasteiger partial charge in [0, 0.05) is 6.20 Å². The summed E-state index contributed by atoms with van der Waals surface area (Å²) in [5.74, 6) is 1.53. The molecule has 1 aromatic carbocycles. The van der Waals surface area contributed by atoms with Crippen molar-refractivity contribution in [3.63, 3.8) is 0 Å². The Kier molecular flexibility index (Phi) is 3.09. The number of hydrogen-bond donors (Lipinski definition) is 1. The lowest BCUT2D eigenvalue weighted by Gasteiger charge is -2.20. The van der Waals surface area contributed by atoms with Crippen LogP contribution in [0.5, 0.6) is 11.5 Å². The average molecular weight is 256 g/mol. The Balaban J connectivity index is 1.93. The number of ether oxygens (including phenoxy) is 2. The van der Waals surface area contributed by atoms with E-state index in [1.807, 2.05) is 37.3 Å². The fraction of sp³-hybridized carbons (Fsp3) is 0.267. The first-order valence-corrected chi connectivity index (χ1v) is 6.32. The van der Waals surface area contributed by atoms with Gasteiger partial charge >= 0.3 is 0 Å². The topological polar surface area (TPSA) is 57.4 Å². The normalized spacial score (nSPS) is 15.1. The SMILES string of the molecule is Cc1ccnc(C(N)c2ccc3c(c2)OCCO3)c1. The fourth-order valence-electron chi connectivity index (χ4n) is 2.15. The Morgan fingerprint density at radius 1 is 1.11 bits per heavy atom. The second-order valence-electron chi connectivity index (χ2n) is 4.64. The maximum atomic E-state index is 6.26. The molecule has 4 nitrogen and oxygen atoms in total. The van der Waals surface area contributed by atoms with Gasteiger partial charge in [0.2, 0.25) is 0 Å². The number of nitrogens with zero attached hydrogens (tertiary/aromatic N) is 1. The number of pyridine rings is 1. The van der Waals surface area contributed by atoms with Gasteiger partial charge in [0.1, 0.15) is 13.2 Å². The van der Waals surface area contributed by atoms with Crippen LogP contribution in [0, 0.1) is 6.92 Å². The largest absolute Gasteiger partial charge is 0.486 e. The van der Waals surface area contributed by atoms with Crippen molar-refractivity contribution in [1.29, 1.82) is 0 Å². The smallest absolute Gasteiger partial charge is 0.161 e. The molecule has 0 aliphatic carbocycles. The van der Waals surface area contributed by atoms with Gasteiger partial charge in [0.05, 0.1) is 11.7 Å². The van der Waals surface area contributed by atoms with Crippen LogP contribution in [0.4, 0.5) is 0 Å². The summed E-state index contributed by atoms with van der Waals surface area (Å²) in [5, 5.41) is 0. The molecule has 0 fully saturated rings. The molecule has 19 heavy (non-hydrogen) atoms. The van der Waals surface area contributed by atoms with E-state index in [1.165, 1.54) is 0 Å². The highest BCUT2D eigenvalue weighted by Crippen LogP contribution is 2.33. The first-order valence-electron chi connectivity index (χ1n) is 6.32. The van der Waals surface area contributed by atoms with Crippen LogP contribution in [0.15, 0.2) is 36.5 Å². The van der Waals surface area contributed by atoms with Gasteiger partial charge in [-0.1, -0.05) is 6.07 Å². The van der Waals surface area contributed by atoms with E-state index in [0.717, 1.165) is 28.3 Å². The summed E-state index contributed by atoms with van der Waals surface area (Å²) in [4.78, 5) is 4.33. The third kappa shape index (κ3) is 2.39. The van der Waals surface area contributed by atoms with Crippen molar-refractivity contribution in [1.82, 2.24) is 4.98 Å². The van der Waals surface area contributed by atoms with Crippen molar-refractivity contribution >= 4 is 0 Å². The summed E-state index contributed by atoms with van der Waals surface area (Å²) in [6.07, 6.45) is 1.78. The summed E-state index contributed by atoms with van der Waals surface area (Å²) in [6.45, 7) is 3.20. The number of benzene rings is 1. The lowest BCUT2D eigenvalue weighted by atomic mass is 10.0. The molecule has 0 radical (unpaired) electrons. The van der Waals surface area contributed by atoms with Crippen molar-refractivity contribution in [2.75, 3.05) is 13.2 Å². The minimum Gasteiger partial charge on any atom is -0.486 e. The number of hydrogen-bond acceptors (Lipinski definition) is 4. The number of nitrogens with two attached hydrogens (primary N) is 1. The highest BCUT2D eigenvalue weighted by atomic mass is 16.6. The lowest BCUT2D eigenvalue weighted by molar-refractivity contribution is 0.171. The quantitative estimate of drug-likeness (QED) is 0.895. The van der Waals surface area contributed by atoms with E-state index < -0.39 is 0 Å². The summed E-state index contributed by atoms with van der Waals surface area (Å²) in [5.41, 5.74) is 9.24. The van der Waals surface area contributed by atoms with Crippen LogP contribution in [-0.2, 0) is 0 Å². The minimum absolute atomic E-state index is 0.254. The Morgan fingerprint density at radius 3 is 2.68 bits per heavy atom. The average Bonchev–Trinajstić information content (AvgIpc) is 2.46. The maximum Gasteiger partial charge on any atom is 0.161 e. The van der Waals surface area contributed by atoms with Crippen molar-refractivity contribution in [2.45, 2.75) is 13.0 Å². The van der Waals surface area contributed by atoms with Gasteiger partial charge in [-0.25, -0.2) is 0 Å². The fourth-order valence-corrected chi connectivity index (χ4v) is 2.15. The van der Waals surface area contributed by atoms with E-state index in [4.69, 9.17) is 15.2 Å². The molecule has 4 heteroatoms. The van der Waals surface area contributed by atoms with Crippen molar-refractivity contribution in [3.05, 3.63) is 53.3 Å². The first-order chi connectivity index (χ1) is 9.24. The summed E-state index contributed by atoms with van der Waals surface area (Å²) in [6, 6.07) is 9.50. The Labute approximate surface area is 112 Å². The standard InChI is InChI=1S/C15H16N2O2/c1-10-4-5-17-12(8-10)15(16)11-2-3-13-14(9-11)19-7-6-18-13/h2-5,8-9,15H,6-7,16H2,1H3. The van der Waals surface area contributed by atoms with E-state index in [1.54, 1.807) is 6.20 Å². The number of rotatable bonds is 2. The maximum absolute atomic E-state index is 6.26. The molecule has 2 aromatic rings. The highest BCUT2D eigenvalue weighted by molar-refractivity contribution is 5.46. The van der Waals surface area contributed by atoms with Gasteiger partial charge < -0.3 is 15.2 Å². The zero-order chi connectivity index (χ0) is 13.2. The van der Waals surface area contributed by atoms with Crippen molar-refractivity contribution in [3.8, 4) is 11.5 Å². The molecule has 1 unspecified atom stereocenters. The second-order valence-corrected chi connectivity index (χ2v) is 4.64.